The zero-order chi connectivity index (χ0) is 41.2. The van der Waals surface area contributed by atoms with Crippen LogP contribution >= 0.6 is 0 Å². The summed E-state index contributed by atoms with van der Waals surface area (Å²) in [6.07, 6.45) is 0.698. The third kappa shape index (κ3) is 12.1. The number of nitrogens with zero attached hydrogens (tertiary/aromatic N) is 2. The van der Waals surface area contributed by atoms with Crippen LogP contribution in [0.4, 0.5) is 20.1 Å². The normalized spacial score (nSPS) is 13.3. The molecule has 0 spiro atoms. The van der Waals surface area contributed by atoms with Crippen molar-refractivity contribution in [2.24, 2.45) is 18.7 Å². The van der Waals surface area contributed by atoms with Gasteiger partial charge in [0.2, 0.25) is 11.8 Å². The van der Waals surface area contributed by atoms with E-state index in [0.717, 1.165) is 21.4 Å². The van der Waals surface area contributed by atoms with Gasteiger partial charge >= 0.3 is 24.2 Å². The average molecular weight is 766 g/mol. The third-order valence-corrected chi connectivity index (χ3v) is 8.99. The summed E-state index contributed by atoms with van der Waals surface area (Å²) < 4.78 is 12.7. The molecule has 0 radical (unpaired) electrons. The van der Waals surface area contributed by atoms with E-state index in [1.165, 1.54) is 7.05 Å². The first kappa shape index (κ1) is 43.6. The first-order valence-electron chi connectivity index (χ1n) is 18.0. The number of aliphatic carboxylic acids is 1. The number of alkyl carbamates (subject to hydrolysis) is 1. The Morgan fingerprint density at radius 3 is 2.15 bits per heavy atom. The van der Waals surface area contributed by atoms with Crippen LogP contribution in [-0.4, -0.2) is 87.9 Å². The van der Waals surface area contributed by atoms with Crippen molar-refractivity contribution in [1.82, 2.24) is 25.4 Å². The largest absolute Gasteiger partial charge is 0.480 e. The quantitative estimate of drug-likeness (QED) is 0.112. The molecule has 3 rings (SSSR count). The van der Waals surface area contributed by atoms with Gasteiger partial charge < -0.3 is 46.1 Å². The highest BCUT2D eigenvalue weighted by Crippen LogP contribution is 2.36. The molecule has 7 N–H and O–H groups in total. The molecule has 0 aliphatic carbocycles. The smallest absolute Gasteiger partial charge is 0.410 e. The lowest BCUT2D eigenvalue weighted by Crippen LogP contribution is -2.55. The van der Waals surface area contributed by atoms with Crippen LogP contribution in [0.15, 0.2) is 54.7 Å². The van der Waals surface area contributed by atoms with Gasteiger partial charge in [-0.3, -0.25) is 14.5 Å². The van der Waals surface area contributed by atoms with Crippen LogP contribution in [0.1, 0.15) is 72.4 Å². The van der Waals surface area contributed by atoms with Crippen LogP contribution < -0.4 is 27.0 Å². The number of benzene rings is 2. The third-order valence-electron chi connectivity index (χ3n) is 8.99. The Labute approximate surface area is 321 Å². The summed E-state index contributed by atoms with van der Waals surface area (Å²) in [4.78, 5) is 77.3. The van der Waals surface area contributed by atoms with Crippen molar-refractivity contribution in [2.75, 3.05) is 18.9 Å². The van der Waals surface area contributed by atoms with E-state index < -0.39 is 65.1 Å². The van der Waals surface area contributed by atoms with E-state index >= 15 is 0 Å². The van der Waals surface area contributed by atoms with Gasteiger partial charge in [-0.25, -0.2) is 19.2 Å². The predicted molar refractivity (Wildman–Crippen MR) is 207 cm³/mol. The summed E-state index contributed by atoms with van der Waals surface area (Å²) in [7, 11) is 3.27. The highest BCUT2D eigenvalue weighted by atomic mass is 16.6. The number of ether oxygens (including phenoxy) is 2. The molecule has 16 heteroatoms. The number of carbonyl (C=O) groups is 6. The number of anilines is 1. The highest BCUT2D eigenvalue weighted by molar-refractivity contribution is 5.98. The van der Waals surface area contributed by atoms with Crippen molar-refractivity contribution >= 4 is 52.6 Å². The number of hydrogen-bond acceptors (Lipinski definition) is 8. The summed E-state index contributed by atoms with van der Waals surface area (Å²) in [5.41, 5.74) is 6.02. The molecule has 0 unspecified atom stereocenters. The molecule has 0 saturated carbocycles. The minimum absolute atomic E-state index is 0.130. The van der Waals surface area contributed by atoms with Gasteiger partial charge in [0.1, 0.15) is 30.3 Å². The summed E-state index contributed by atoms with van der Waals surface area (Å²) in [6.45, 7) is 12.1. The van der Waals surface area contributed by atoms with E-state index in [-0.39, 0.29) is 25.5 Å². The van der Waals surface area contributed by atoms with Crippen molar-refractivity contribution < 1.29 is 43.3 Å². The van der Waals surface area contributed by atoms with Gasteiger partial charge in [0.15, 0.2) is 0 Å². The van der Waals surface area contributed by atoms with Crippen molar-refractivity contribution in [3.05, 3.63) is 65.9 Å². The Kier molecular flexibility index (Phi) is 14.7. The molecule has 2 aromatic carbocycles. The number of para-hydroxylation sites is 1. The molecule has 0 bridgehead atoms. The van der Waals surface area contributed by atoms with E-state index in [1.54, 1.807) is 72.7 Å². The van der Waals surface area contributed by atoms with Gasteiger partial charge in [-0.2, -0.15) is 0 Å². The number of hydrogen-bond donors (Lipinski definition) is 6. The maximum absolute atomic E-state index is 13.5. The fourth-order valence-corrected chi connectivity index (χ4v) is 6.24. The van der Waals surface area contributed by atoms with Crippen molar-refractivity contribution in [2.45, 2.75) is 97.1 Å². The second-order valence-corrected chi connectivity index (χ2v) is 15.3. The van der Waals surface area contributed by atoms with E-state index in [2.05, 4.69) is 21.3 Å². The van der Waals surface area contributed by atoms with Gasteiger partial charge in [0.05, 0.1) is 0 Å². The molecule has 0 saturated heterocycles. The van der Waals surface area contributed by atoms with E-state index in [0.29, 0.717) is 17.7 Å². The molecule has 1 heterocycles. The fraction of sp³-hybridized carbons (Fsp3) is 0.487. The van der Waals surface area contributed by atoms with E-state index in [4.69, 9.17) is 15.2 Å². The zero-order valence-electron chi connectivity index (χ0n) is 33.0. The second-order valence-electron chi connectivity index (χ2n) is 15.3. The number of primary amides is 1. The van der Waals surface area contributed by atoms with Crippen LogP contribution in [0.3, 0.4) is 0 Å². The molecule has 3 atom stereocenters. The van der Waals surface area contributed by atoms with Crippen molar-refractivity contribution in [3.8, 4) is 0 Å². The molecular formula is C39H55N7O9. The van der Waals surface area contributed by atoms with Crippen LogP contribution in [0.2, 0.25) is 0 Å². The minimum atomic E-state index is -1.26. The molecule has 0 fully saturated rings. The fourth-order valence-electron chi connectivity index (χ4n) is 6.24. The average Bonchev–Trinajstić information content (AvgIpc) is 3.43. The zero-order valence-corrected chi connectivity index (χ0v) is 33.0. The molecule has 16 nitrogen and oxygen atoms in total. The van der Waals surface area contributed by atoms with Crippen LogP contribution in [0.5, 0.6) is 0 Å². The molecule has 55 heavy (non-hydrogen) atoms. The monoisotopic (exact) mass is 765 g/mol. The lowest BCUT2D eigenvalue weighted by molar-refractivity contribution is -0.144. The Morgan fingerprint density at radius 2 is 1.56 bits per heavy atom. The first-order chi connectivity index (χ1) is 25.6. The Morgan fingerprint density at radius 1 is 0.927 bits per heavy atom. The van der Waals surface area contributed by atoms with E-state index in [1.807, 2.05) is 42.1 Å². The standard InChI is InChI=1S/C39H55N7O9/c1-23(2)30(44-36(52)55-38(3,4)5)33(48)43-28(14-12-20-41-35(40)51)32(47)42-25-18-16-24(17-19-25)22-54-37(53)46(9)31(34(49)50)39(6,7)27-21-45(8)29-15-11-10-13-26(27)29/h10-11,13,15-19,21,23,28,30-31H,12,14,20,22H2,1-9H3,(H,42,47)(H,43,48)(H,44,52)(H,49,50)(H3,40,41,51)/t28-,30-,31+/m0/s1. The molecular weight excluding hydrogens is 710 g/mol. The first-order valence-corrected chi connectivity index (χ1v) is 18.0. The van der Waals surface area contributed by atoms with Gasteiger partial charge in [-0.05, 0) is 68.9 Å². The summed E-state index contributed by atoms with van der Waals surface area (Å²) in [5.74, 6) is -2.69. The molecule has 300 valence electrons. The van der Waals surface area contributed by atoms with E-state index in [9.17, 15) is 33.9 Å². The number of amides is 6. The number of rotatable bonds is 16. The number of nitrogens with two attached hydrogens (primary N) is 1. The van der Waals surface area contributed by atoms with Crippen molar-refractivity contribution in [1.29, 1.82) is 0 Å². The molecule has 0 aliphatic heterocycles. The van der Waals surface area contributed by atoms with Gasteiger partial charge in [0, 0.05) is 48.8 Å². The Balaban J connectivity index is 1.68. The second kappa shape index (κ2) is 18.5. The van der Waals surface area contributed by atoms with Gasteiger partial charge in [0.25, 0.3) is 0 Å². The highest BCUT2D eigenvalue weighted by Gasteiger charge is 2.43. The Bertz CT molecular complexity index is 1850. The Hall–Kier alpha value is -5.80. The number of urea groups is 1. The molecule has 0 aliphatic rings. The van der Waals surface area contributed by atoms with Crippen LogP contribution in [0, 0.1) is 5.92 Å². The number of fused-ring (bicyclic) bond motifs is 1. The van der Waals surface area contributed by atoms with Crippen LogP contribution in [-0.2, 0) is 42.9 Å². The maximum atomic E-state index is 13.5. The number of carboxylic acids is 1. The van der Waals surface area contributed by atoms with Gasteiger partial charge in [-0.15, -0.1) is 0 Å². The maximum Gasteiger partial charge on any atom is 0.410 e. The minimum Gasteiger partial charge on any atom is -0.480 e. The topological polar surface area (TPSA) is 223 Å². The molecule has 1 aromatic heterocycles. The predicted octanol–water partition coefficient (Wildman–Crippen LogP) is 4.60. The lowest BCUT2D eigenvalue weighted by atomic mass is 9.77. The summed E-state index contributed by atoms with van der Waals surface area (Å²) >= 11 is 0. The summed E-state index contributed by atoms with van der Waals surface area (Å²) in [6, 6.07) is 10.0. The number of aryl methyl sites for hydroxylation is 1. The van der Waals surface area contributed by atoms with Crippen molar-refractivity contribution in [3.63, 3.8) is 0 Å². The number of nitrogens with one attached hydrogen (secondary N) is 4. The SMILES string of the molecule is CC(C)[C@H](NC(=O)OC(C)(C)C)C(=O)N[C@@H](CCCNC(N)=O)C(=O)Nc1ccc(COC(=O)N(C)[C@H](C(=O)O)C(C)(C)c2cn(C)c3ccccc23)cc1. The number of carboxylic acid groups (broad SMARTS) is 1. The van der Waals surface area contributed by atoms with Gasteiger partial charge in [-0.1, -0.05) is 58.0 Å². The summed E-state index contributed by atoms with van der Waals surface area (Å²) in [5, 5.41) is 21.7. The number of carbonyl (C=O) groups excluding carboxylic acids is 5. The lowest BCUT2D eigenvalue weighted by Gasteiger charge is -2.37. The van der Waals surface area contributed by atoms with Crippen LogP contribution in [0.25, 0.3) is 10.9 Å². The number of aromatic nitrogens is 1. The molecule has 3 aromatic rings. The number of likely N-dealkylation sites (N-methyl/N-ethyl adjacent to an activating group) is 1. The molecule has 6 amide bonds.